The Hall–Kier alpha value is -2.89. The molecule has 2 heterocycles. The fourth-order valence-electron chi connectivity index (χ4n) is 3.31. The number of aliphatic carboxylic acids is 2. The number of rotatable bonds is 3. The molecule has 0 aliphatic heterocycles. The van der Waals surface area contributed by atoms with Crippen LogP contribution in [0.2, 0.25) is 0 Å². The molecule has 2 aromatic rings. The van der Waals surface area contributed by atoms with Crippen molar-refractivity contribution >= 4 is 22.8 Å². The molecule has 2 atom stereocenters. The normalized spacial score (nSPS) is 23.3. The lowest BCUT2D eigenvalue weighted by atomic mass is 9.68. The van der Waals surface area contributed by atoms with Gasteiger partial charge >= 0.3 is 11.9 Å². The number of pyridine rings is 1. The summed E-state index contributed by atoms with van der Waals surface area (Å²) in [5.41, 5.74) is 1.74. The number of hydrogen-bond donors (Lipinski definition) is 3. The molecule has 6 heteroatoms. The summed E-state index contributed by atoms with van der Waals surface area (Å²) in [5.74, 6) is -3.12. The summed E-state index contributed by atoms with van der Waals surface area (Å²) < 4.78 is 0. The molecule has 1 aliphatic rings. The van der Waals surface area contributed by atoms with Gasteiger partial charge in [0.15, 0.2) is 0 Å². The van der Waals surface area contributed by atoms with E-state index in [-0.39, 0.29) is 5.57 Å². The molecular formula is C18H18N2O4. The van der Waals surface area contributed by atoms with Gasteiger partial charge in [-0.3, -0.25) is 9.78 Å². The van der Waals surface area contributed by atoms with Crippen molar-refractivity contribution < 1.29 is 19.8 Å². The Kier molecular flexibility index (Phi) is 3.55. The van der Waals surface area contributed by atoms with E-state index in [0.717, 1.165) is 16.6 Å². The van der Waals surface area contributed by atoms with E-state index in [0.29, 0.717) is 11.2 Å². The van der Waals surface area contributed by atoms with Crippen molar-refractivity contribution in [2.24, 2.45) is 5.41 Å². The van der Waals surface area contributed by atoms with Gasteiger partial charge in [0.1, 0.15) is 0 Å². The zero-order valence-electron chi connectivity index (χ0n) is 13.6. The van der Waals surface area contributed by atoms with Gasteiger partial charge in [0, 0.05) is 22.9 Å². The Bertz CT molecular complexity index is 922. The minimum absolute atomic E-state index is 0.0207. The summed E-state index contributed by atoms with van der Waals surface area (Å²) >= 11 is 0. The van der Waals surface area contributed by atoms with E-state index in [4.69, 9.17) is 0 Å². The summed E-state index contributed by atoms with van der Waals surface area (Å²) in [6.45, 7) is 5.41. The van der Waals surface area contributed by atoms with Crippen molar-refractivity contribution in [3.63, 3.8) is 0 Å². The molecule has 3 N–H and O–H groups in total. The lowest BCUT2D eigenvalue weighted by Crippen LogP contribution is -2.37. The quantitative estimate of drug-likeness (QED) is 0.804. The summed E-state index contributed by atoms with van der Waals surface area (Å²) in [6, 6.07) is 1.85. The van der Waals surface area contributed by atoms with Crippen molar-refractivity contribution in [2.75, 3.05) is 0 Å². The molecule has 0 saturated carbocycles. The van der Waals surface area contributed by atoms with Gasteiger partial charge in [-0.1, -0.05) is 18.2 Å². The number of carboxylic acid groups (broad SMARTS) is 2. The summed E-state index contributed by atoms with van der Waals surface area (Å²) in [6.07, 6.45) is 6.05. The van der Waals surface area contributed by atoms with Gasteiger partial charge in [-0.25, -0.2) is 4.79 Å². The summed E-state index contributed by atoms with van der Waals surface area (Å²) in [7, 11) is 0. The van der Waals surface area contributed by atoms with Crippen LogP contribution in [0.1, 0.15) is 29.8 Å². The van der Waals surface area contributed by atoms with Crippen molar-refractivity contribution in [1.29, 1.82) is 0 Å². The van der Waals surface area contributed by atoms with Crippen LogP contribution in [0.25, 0.3) is 10.9 Å². The number of allylic oxidation sites excluding steroid dienone is 2. The lowest BCUT2D eigenvalue weighted by Gasteiger charge is -2.33. The lowest BCUT2D eigenvalue weighted by molar-refractivity contribution is -0.146. The minimum Gasteiger partial charge on any atom is -0.481 e. The van der Waals surface area contributed by atoms with Gasteiger partial charge in [-0.05, 0) is 32.4 Å². The van der Waals surface area contributed by atoms with Gasteiger partial charge in [0.2, 0.25) is 0 Å². The maximum absolute atomic E-state index is 11.9. The molecule has 2 aromatic heterocycles. The Balaban J connectivity index is 2.33. The predicted molar refractivity (Wildman–Crippen MR) is 88.9 cm³/mol. The van der Waals surface area contributed by atoms with Gasteiger partial charge < -0.3 is 15.2 Å². The van der Waals surface area contributed by atoms with E-state index in [1.165, 1.54) is 25.2 Å². The third kappa shape index (κ3) is 2.14. The number of nitrogens with zero attached hydrogens (tertiary/aromatic N) is 1. The Morgan fingerprint density at radius 2 is 2.00 bits per heavy atom. The van der Waals surface area contributed by atoms with E-state index in [1.54, 1.807) is 6.20 Å². The zero-order valence-corrected chi connectivity index (χ0v) is 13.6. The number of aryl methyl sites for hydroxylation is 2. The van der Waals surface area contributed by atoms with Crippen LogP contribution in [-0.2, 0) is 9.59 Å². The number of aromatic amines is 1. The molecule has 0 bridgehead atoms. The second-order valence-electron chi connectivity index (χ2n) is 6.30. The number of aromatic nitrogens is 2. The molecule has 6 nitrogen and oxygen atoms in total. The van der Waals surface area contributed by atoms with Crippen LogP contribution >= 0.6 is 0 Å². The van der Waals surface area contributed by atoms with Gasteiger partial charge in [-0.2, -0.15) is 0 Å². The first kappa shape index (κ1) is 16.0. The van der Waals surface area contributed by atoms with Gasteiger partial charge in [-0.15, -0.1) is 0 Å². The monoisotopic (exact) mass is 326 g/mol. The highest BCUT2D eigenvalue weighted by molar-refractivity contribution is 5.95. The largest absolute Gasteiger partial charge is 0.481 e. The van der Waals surface area contributed by atoms with Gasteiger partial charge in [0.25, 0.3) is 0 Å². The van der Waals surface area contributed by atoms with Crippen LogP contribution in [-0.4, -0.2) is 32.1 Å². The average molecular weight is 326 g/mol. The van der Waals surface area contributed by atoms with Crippen LogP contribution in [0.5, 0.6) is 0 Å². The molecule has 1 aliphatic carbocycles. The Labute approximate surface area is 138 Å². The number of nitrogens with one attached hydrogen (secondary N) is 1. The SMILES string of the molecule is Cc1[nH]c2c(C3C(C(=O)O)=CC=CC3(C)C(=O)O)nccc2c1C. The molecule has 24 heavy (non-hydrogen) atoms. The number of H-pyrrole nitrogens is 1. The topological polar surface area (TPSA) is 103 Å². The number of carbonyl (C=O) groups is 2. The smallest absolute Gasteiger partial charge is 0.332 e. The molecule has 0 spiro atoms. The van der Waals surface area contributed by atoms with E-state index in [1.807, 2.05) is 19.9 Å². The maximum atomic E-state index is 11.9. The number of hydrogen-bond acceptors (Lipinski definition) is 3. The maximum Gasteiger partial charge on any atom is 0.332 e. The van der Waals surface area contributed by atoms with Crippen LogP contribution in [0, 0.1) is 19.3 Å². The second kappa shape index (κ2) is 5.33. The molecule has 0 fully saturated rings. The fourth-order valence-corrected chi connectivity index (χ4v) is 3.31. The van der Waals surface area contributed by atoms with E-state index in [2.05, 4.69) is 9.97 Å². The standard InChI is InChI=1S/C18H18N2O4/c1-9-10(2)20-14-11(9)6-8-19-15(14)13-12(16(21)22)5-4-7-18(13,3)17(23)24/h4-8,13,20H,1-3H3,(H,21,22)(H,23,24). The third-order valence-electron chi connectivity index (χ3n) is 4.87. The number of carboxylic acids is 2. The van der Waals surface area contributed by atoms with E-state index < -0.39 is 23.3 Å². The minimum atomic E-state index is -1.39. The Morgan fingerprint density at radius 3 is 2.62 bits per heavy atom. The van der Waals surface area contributed by atoms with Crippen molar-refractivity contribution in [3.05, 3.63) is 53.0 Å². The summed E-state index contributed by atoms with van der Waals surface area (Å²) in [5, 5.41) is 20.3. The molecule has 0 aromatic carbocycles. The molecule has 2 unspecified atom stereocenters. The highest BCUT2D eigenvalue weighted by atomic mass is 16.4. The average Bonchev–Trinajstić information content (AvgIpc) is 2.82. The van der Waals surface area contributed by atoms with Crippen LogP contribution in [0.3, 0.4) is 0 Å². The van der Waals surface area contributed by atoms with Crippen LogP contribution in [0.4, 0.5) is 0 Å². The first-order valence-corrected chi connectivity index (χ1v) is 7.57. The Morgan fingerprint density at radius 1 is 1.29 bits per heavy atom. The van der Waals surface area contributed by atoms with Crippen molar-refractivity contribution in [1.82, 2.24) is 9.97 Å². The zero-order chi connectivity index (χ0) is 17.6. The molecule has 0 saturated heterocycles. The molecular weight excluding hydrogens is 308 g/mol. The summed E-state index contributed by atoms with van der Waals surface area (Å²) in [4.78, 5) is 31.2. The highest BCUT2D eigenvalue weighted by Gasteiger charge is 2.47. The predicted octanol–water partition coefficient (Wildman–Crippen LogP) is 2.94. The van der Waals surface area contributed by atoms with Gasteiger partial charge in [0.05, 0.1) is 22.5 Å². The fraction of sp³-hybridized carbons (Fsp3) is 0.278. The molecule has 0 amide bonds. The number of fused-ring (bicyclic) bond motifs is 1. The molecule has 0 radical (unpaired) electrons. The van der Waals surface area contributed by atoms with Crippen LogP contribution < -0.4 is 0 Å². The first-order valence-electron chi connectivity index (χ1n) is 7.57. The first-order chi connectivity index (χ1) is 11.3. The molecule has 3 rings (SSSR count). The van der Waals surface area contributed by atoms with E-state index in [9.17, 15) is 19.8 Å². The van der Waals surface area contributed by atoms with Crippen molar-refractivity contribution in [3.8, 4) is 0 Å². The molecule has 124 valence electrons. The van der Waals surface area contributed by atoms with Crippen molar-refractivity contribution in [2.45, 2.75) is 26.7 Å². The third-order valence-corrected chi connectivity index (χ3v) is 4.87. The highest BCUT2D eigenvalue weighted by Crippen LogP contribution is 2.46. The second-order valence-corrected chi connectivity index (χ2v) is 6.30. The van der Waals surface area contributed by atoms with E-state index >= 15 is 0 Å². The van der Waals surface area contributed by atoms with Crippen LogP contribution in [0.15, 0.2) is 36.1 Å².